The molecule has 0 spiro atoms. The topological polar surface area (TPSA) is 52.6 Å². The summed E-state index contributed by atoms with van der Waals surface area (Å²) in [6.45, 7) is 11.3. The number of likely N-dealkylation sites (tertiary alicyclic amines) is 1. The van der Waals surface area contributed by atoms with E-state index in [0.717, 1.165) is 57.9 Å². The molecule has 1 saturated heterocycles. The third kappa shape index (κ3) is 8.22. The number of aliphatic imine (C=N–C) groups is 1. The zero-order valence-electron chi connectivity index (χ0n) is 17.8. The Labute approximate surface area is 196 Å². The van der Waals surface area contributed by atoms with Gasteiger partial charge in [-0.2, -0.15) is 0 Å². The molecular formula is C22H34IN5S. The zero-order valence-corrected chi connectivity index (χ0v) is 20.9. The third-order valence-corrected chi connectivity index (χ3v) is 6.00. The number of halogens is 1. The normalized spacial score (nSPS) is 15.8. The van der Waals surface area contributed by atoms with Gasteiger partial charge in [0, 0.05) is 56.3 Å². The number of hydrogen-bond acceptors (Lipinski definition) is 4. The van der Waals surface area contributed by atoms with Crippen molar-refractivity contribution in [1.82, 2.24) is 20.5 Å². The Bertz CT molecular complexity index is 768. The molecule has 2 N–H and O–H groups in total. The molecule has 0 atom stereocenters. The van der Waals surface area contributed by atoms with Crippen LogP contribution in [0.15, 0.2) is 35.5 Å². The summed E-state index contributed by atoms with van der Waals surface area (Å²) in [6.07, 6.45) is 5.16. The lowest BCUT2D eigenvalue weighted by atomic mass is 10.0. The predicted molar refractivity (Wildman–Crippen MR) is 135 cm³/mol. The van der Waals surface area contributed by atoms with Crippen LogP contribution in [0.1, 0.15) is 40.8 Å². The van der Waals surface area contributed by atoms with Crippen LogP contribution in [0.2, 0.25) is 0 Å². The summed E-state index contributed by atoms with van der Waals surface area (Å²) in [5.74, 6) is 0.938. The predicted octanol–water partition coefficient (Wildman–Crippen LogP) is 4.14. The molecule has 1 aromatic heterocycles. The molecule has 0 radical (unpaired) electrons. The Balaban J connectivity index is 0.00000300. The van der Waals surface area contributed by atoms with Gasteiger partial charge in [0.25, 0.3) is 0 Å². The number of nitrogens with zero attached hydrogens (tertiary/aromatic N) is 3. The number of benzene rings is 1. The van der Waals surface area contributed by atoms with Crippen molar-refractivity contribution < 1.29 is 0 Å². The van der Waals surface area contributed by atoms with E-state index in [4.69, 9.17) is 4.99 Å². The van der Waals surface area contributed by atoms with Gasteiger partial charge in [0.1, 0.15) is 0 Å². The molecule has 0 amide bonds. The van der Waals surface area contributed by atoms with Crippen molar-refractivity contribution in [1.29, 1.82) is 0 Å². The average molecular weight is 528 g/mol. The fraction of sp³-hybridized carbons (Fsp3) is 0.545. The summed E-state index contributed by atoms with van der Waals surface area (Å²) in [4.78, 5) is 13.0. The number of guanidine groups is 1. The quantitative estimate of drug-likeness (QED) is 0.323. The van der Waals surface area contributed by atoms with E-state index in [1.165, 1.54) is 21.0 Å². The number of thiazole rings is 1. The van der Waals surface area contributed by atoms with Crippen LogP contribution in [-0.4, -0.2) is 48.1 Å². The minimum absolute atomic E-state index is 0. The molecule has 2 heterocycles. The second-order valence-corrected chi connectivity index (χ2v) is 8.88. The molecule has 0 bridgehead atoms. The molecule has 2 aromatic rings. The standard InChI is InChI=1S/C22H33N5S.HI/c1-4-23-22(24-11-8-21-25-15-18(3)28-21)26-20-9-12-27(13-10-20)16-19-7-5-6-17(2)14-19;/h5-7,14-15,20H,4,8-13,16H2,1-3H3,(H2,23,24,26);1H. The van der Waals surface area contributed by atoms with E-state index in [2.05, 4.69) is 65.6 Å². The van der Waals surface area contributed by atoms with E-state index in [1.54, 1.807) is 11.3 Å². The molecule has 1 aliphatic heterocycles. The van der Waals surface area contributed by atoms with Crippen LogP contribution in [-0.2, 0) is 13.0 Å². The van der Waals surface area contributed by atoms with Crippen LogP contribution in [0.4, 0.5) is 0 Å². The van der Waals surface area contributed by atoms with E-state index in [1.807, 2.05) is 6.20 Å². The minimum atomic E-state index is 0. The van der Waals surface area contributed by atoms with E-state index in [9.17, 15) is 0 Å². The minimum Gasteiger partial charge on any atom is -0.357 e. The highest BCUT2D eigenvalue weighted by Crippen LogP contribution is 2.15. The molecule has 1 aliphatic rings. The summed E-state index contributed by atoms with van der Waals surface area (Å²) < 4.78 is 0. The van der Waals surface area contributed by atoms with Crippen molar-refractivity contribution in [2.24, 2.45) is 4.99 Å². The summed E-state index contributed by atoms with van der Waals surface area (Å²) >= 11 is 1.76. The lowest BCUT2D eigenvalue weighted by Gasteiger charge is -2.33. The van der Waals surface area contributed by atoms with E-state index in [0.29, 0.717) is 6.04 Å². The van der Waals surface area contributed by atoms with Crippen molar-refractivity contribution in [3.8, 4) is 0 Å². The summed E-state index contributed by atoms with van der Waals surface area (Å²) in [7, 11) is 0. The number of nitrogens with one attached hydrogen (secondary N) is 2. The lowest BCUT2D eigenvalue weighted by Crippen LogP contribution is -2.48. The molecule has 3 rings (SSSR count). The largest absolute Gasteiger partial charge is 0.357 e. The first-order valence-electron chi connectivity index (χ1n) is 10.4. The van der Waals surface area contributed by atoms with Crippen LogP contribution in [0.5, 0.6) is 0 Å². The van der Waals surface area contributed by atoms with Crippen LogP contribution >= 0.6 is 35.3 Å². The maximum atomic E-state index is 4.76. The van der Waals surface area contributed by atoms with Gasteiger partial charge in [-0.25, -0.2) is 4.98 Å². The van der Waals surface area contributed by atoms with Gasteiger partial charge in [-0.1, -0.05) is 29.8 Å². The number of hydrogen-bond donors (Lipinski definition) is 2. The van der Waals surface area contributed by atoms with Gasteiger partial charge in [0.15, 0.2) is 5.96 Å². The molecule has 29 heavy (non-hydrogen) atoms. The molecule has 0 saturated carbocycles. The fourth-order valence-corrected chi connectivity index (χ4v) is 4.37. The SMILES string of the molecule is CCNC(=NCCc1ncc(C)s1)NC1CCN(Cc2cccc(C)c2)CC1.I. The Hall–Kier alpha value is -1.19. The molecule has 5 nitrogen and oxygen atoms in total. The van der Waals surface area contributed by atoms with Crippen LogP contribution in [0, 0.1) is 13.8 Å². The van der Waals surface area contributed by atoms with E-state index in [-0.39, 0.29) is 24.0 Å². The van der Waals surface area contributed by atoms with Gasteiger partial charge in [-0.3, -0.25) is 9.89 Å². The number of aryl methyl sites for hydroxylation is 2. The molecule has 160 valence electrons. The number of aromatic nitrogens is 1. The molecular weight excluding hydrogens is 493 g/mol. The number of piperidine rings is 1. The first-order chi connectivity index (χ1) is 13.6. The van der Waals surface area contributed by atoms with Gasteiger partial charge < -0.3 is 10.6 Å². The second-order valence-electron chi connectivity index (χ2n) is 7.56. The zero-order chi connectivity index (χ0) is 19.8. The van der Waals surface area contributed by atoms with Gasteiger partial charge in [-0.05, 0) is 39.2 Å². The van der Waals surface area contributed by atoms with Crippen molar-refractivity contribution in [3.63, 3.8) is 0 Å². The Morgan fingerprint density at radius 1 is 1.28 bits per heavy atom. The first-order valence-corrected chi connectivity index (χ1v) is 11.2. The van der Waals surface area contributed by atoms with Gasteiger partial charge in [-0.15, -0.1) is 35.3 Å². The molecule has 0 unspecified atom stereocenters. The molecule has 1 aromatic carbocycles. The van der Waals surface area contributed by atoms with E-state index >= 15 is 0 Å². The van der Waals surface area contributed by atoms with Crippen molar-refractivity contribution in [3.05, 3.63) is 51.5 Å². The van der Waals surface area contributed by atoms with Gasteiger partial charge >= 0.3 is 0 Å². The van der Waals surface area contributed by atoms with Crippen molar-refractivity contribution in [2.45, 2.75) is 52.6 Å². The number of rotatable bonds is 7. The summed E-state index contributed by atoms with van der Waals surface area (Å²) in [6, 6.07) is 9.34. The second kappa shape index (κ2) is 12.5. The van der Waals surface area contributed by atoms with Gasteiger partial charge in [0.05, 0.1) is 5.01 Å². The summed E-state index contributed by atoms with van der Waals surface area (Å²) in [5, 5.41) is 8.19. The van der Waals surface area contributed by atoms with Crippen LogP contribution in [0.25, 0.3) is 0 Å². The van der Waals surface area contributed by atoms with E-state index < -0.39 is 0 Å². The molecule has 1 fully saturated rings. The molecule has 0 aliphatic carbocycles. The fourth-order valence-electron chi connectivity index (χ4n) is 3.60. The van der Waals surface area contributed by atoms with Crippen LogP contribution in [0.3, 0.4) is 0 Å². The van der Waals surface area contributed by atoms with Crippen LogP contribution < -0.4 is 10.6 Å². The maximum absolute atomic E-state index is 4.76. The summed E-state index contributed by atoms with van der Waals surface area (Å²) in [5.41, 5.74) is 2.76. The Morgan fingerprint density at radius 3 is 2.72 bits per heavy atom. The highest BCUT2D eigenvalue weighted by Gasteiger charge is 2.20. The Morgan fingerprint density at radius 2 is 2.07 bits per heavy atom. The lowest BCUT2D eigenvalue weighted by molar-refractivity contribution is 0.198. The van der Waals surface area contributed by atoms with Gasteiger partial charge in [0.2, 0.25) is 0 Å². The van der Waals surface area contributed by atoms with Crippen molar-refractivity contribution in [2.75, 3.05) is 26.2 Å². The molecule has 7 heteroatoms. The van der Waals surface area contributed by atoms with Crippen molar-refractivity contribution >= 4 is 41.3 Å². The smallest absolute Gasteiger partial charge is 0.191 e. The average Bonchev–Trinajstić information content (AvgIpc) is 3.09. The third-order valence-electron chi connectivity index (χ3n) is 5.03. The highest BCUT2D eigenvalue weighted by molar-refractivity contribution is 14.0. The Kier molecular flexibility index (Phi) is 10.4. The maximum Gasteiger partial charge on any atom is 0.191 e. The first kappa shape index (κ1) is 24.1. The highest BCUT2D eigenvalue weighted by atomic mass is 127. The monoisotopic (exact) mass is 527 g/mol.